The molecule has 1 heterocycles. The minimum absolute atomic E-state index is 0. The first-order valence-electron chi connectivity index (χ1n) is 9.43. The monoisotopic (exact) mass is 356 g/mol. The van der Waals surface area contributed by atoms with Crippen molar-refractivity contribution in [3.8, 4) is 0 Å². The van der Waals surface area contributed by atoms with Crippen molar-refractivity contribution in [2.75, 3.05) is 11.4 Å². The number of hydrogen-bond acceptors (Lipinski definition) is 2. The minimum Gasteiger partial charge on any atom is -0.339 e. The highest BCUT2D eigenvalue weighted by Gasteiger charge is 2.29. The van der Waals surface area contributed by atoms with Gasteiger partial charge in [-0.25, -0.2) is 0 Å². The molecule has 1 N–H and O–H groups in total. The van der Waals surface area contributed by atoms with Gasteiger partial charge in [0.05, 0.1) is 0 Å². The Morgan fingerprint density at radius 3 is 2.48 bits per heavy atom. The smallest absolute Gasteiger partial charge is 0.0416 e. The fourth-order valence-electron chi connectivity index (χ4n) is 4.01. The summed E-state index contributed by atoms with van der Waals surface area (Å²) in [5, 5.41) is 3.76. The van der Waals surface area contributed by atoms with Crippen LogP contribution in [0.1, 0.15) is 50.3 Å². The zero-order chi connectivity index (χ0) is 16.5. The molecule has 2 nitrogen and oxygen atoms in total. The predicted octanol–water partition coefficient (Wildman–Crippen LogP) is 5.64. The van der Waals surface area contributed by atoms with Crippen molar-refractivity contribution in [1.82, 2.24) is 5.32 Å². The number of hydrogen-bond donors (Lipinski definition) is 1. The van der Waals surface area contributed by atoms with Gasteiger partial charge in [0.2, 0.25) is 0 Å². The van der Waals surface area contributed by atoms with E-state index in [1.54, 1.807) is 5.56 Å². The van der Waals surface area contributed by atoms with E-state index in [-0.39, 0.29) is 12.4 Å². The Morgan fingerprint density at radius 1 is 1.04 bits per heavy atom. The number of fused-ring (bicyclic) bond motifs is 1. The van der Waals surface area contributed by atoms with Gasteiger partial charge in [-0.1, -0.05) is 37.1 Å². The number of benzene rings is 2. The third kappa shape index (κ3) is 4.02. The van der Waals surface area contributed by atoms with E-state index in [1.807, 2.05) is 0 Å². The number of nitrogens with one attached hydrogen (secondary N) is 1. The number of nitrogens with zero attached hydrogens (tertiary/aromatic N) is 1. The first-order valence-corrected chi connectivity index (χ1v) is 9.43. The normalized spacial score (nSPS) is 19.2. The third-order valence-corrected chi connectivity index (χ3v) is 5.38. The van der Waals surface area contributed by atoms with Crippen molar-refractivity contribution in [3.05, 3.63) is 59.7 Å². The van der Waals surface area contributed by atoms with Crippen molar-refractivity contribution in [3.63, 3.8) is 0 Å². The lowest BCUT2D eigenvalue weighted by Gasteiger charge is -2.33. The Balaban J connectivity index is 0.00000182. The summed E-state index contributed by atoms with van der Waals surface area (Å²) < 4.78 is 0. The first-order chi connectivity index (χ1) is 11.7. The average molecular weight is 357 g/mol. The van der Waals surface area contributed by atoms with Crippen molar-refractivity contribution >= 4 is 23.8 Å². The van der Waals surface area contributed by atoms with Gasteiger partial charge in [0.15, 0.2) is 0 Å². The molecule has 1 atom stereocenters. The van der Waals surface area contributed by atoms with Crippen LogP contribution in [-0.4, -0.2) is 12.6 Å². The molecular weight excluding hydrogens is 328 g/mol. The van der Waals surface area contributed by atoms with Crippen LogP contribution in [0.4, 0.5) is 11.4 Å². The van der Waals surface area contributed by atoms with Gasteiger partial charge < -0.3 is 10.2 Å². The zero-order valence-corrected chi connectivity index (χ0v) is 16.1. The van der Waals surface area contributed by atoms with E-state index in [4.69, 9.17) is 0 Å². The van der Waals surface area contributed by atoms with Gasteiger partial charge in [0, 0.05) is 23.5 Å². The number of rotatable bonds is 5. The maximum atomic E-state index is 3.76. The SMILES string of the molecule is CC(C)N(c1ccccc1)c1ccc2c(c1)C(CC1CC1)NCC2.Cl. The van der Waals surface area contributed by atoms with Crippen LogP contribution in [-0.2, 0) is 6.42 Å². The summed E-state index contributed by atoms with van der Waals surface area (Å²) in [6, 6.07) is 18.9. The summed E-state index contributed by atoms with van der Waals surface area (Å²) in [5.74, 6) is 0.951. The highest BCUT2D eigenvalue weighted by atomic mass is 35.5. The van der Waals surface area contributed by atoms with E-state index in [0.29, 0.717) is 12.1 Å². The highest BCUT2D eigenvalue weighted by Crippen LogP contribution is 2.40. The molecule has 0 spiro atoms. The Bertz CT molecular complexity index is 694. The van der Waals surface area contributed by atoms with E-state index < -0.39 is 0 Å². The molecule has 0 aromatic heterocycles. The summed E-state index contributed by atoms with van der Waals surface area (Å²) >= 11 is 0. The standard InChI is InChI=1S/C22H28N2.ClH/c1-16(2)24(19-6-4-3-5-7-19)20-11-10-18-12-13-23-22(21(18)15-20)14-17-8-9-17;/h3-7,10-11,15-17,22-23H,8-9,12-14H2,1-2H3;1H. The Kier molecular flexibility index (Phi) is 5.71. The zero-order valence-electron chi connectivity index (χ0n) is 15.2. The lowest BCUT2D eigenvalue weighted by atomic mass is 9.90. The average Bonchev–Trinajstić information content (AvgIpc) is 3.40. The Hall–Kier alpha value is -1.51. The van der Waals surface area contributed by atoms with Crippen molar-refractivity contribution < 1.29 is 0 Å². The third-order valence-electron chi connectivity index (χ3n) is 5.38. The number of anilines is 2. The second-order valence-corrected chi connectivity index (χ2v) is 7.62. The van der Waals surface area contributed by atoms with Gasteiger partial charge >= 0.3 is 0 Å². The molecule has 1 fully saturated rings. The Morgan fingerprint density at radius 2 is 1.80 bits per heavy atom. The van der Waals surface area contributed by atoms with Gasteiger partial charge in [-0.05, 0) is 74.5 Å². The van der Waals surface area contributed by atoms with Crippen LogP contribution in [0.25, 0.3) is 0 Å². The quantitative estimate of drug-likeness (QED) is 0.745. The van der Waals surface area contributed by atoms with Crippen LogP contribution in [0.5, 0.6) is 0 Å². The van der Waals surface area contributed by atoms with E-state index in [0.717, 1.165) is 18.9 Å². The topological polar surface area (TPSA) is 15.3 Å². The largest absolute Gasteiger partial charge is 0.339 e. The number of halogens is 1. The molecule has 0 saturated heterocycles. The van der Waals surface area contributed by atoms with Crippen LogP contribution in [0.15, 0.2) is 48.5 Å². The van der Waals surface area contributed by atoms with Crippen LogP contribution in [0.2, 0.25) is 0 Å². The van der Waals surface area contributed by atoms with Gasteiger partial charge in [-0.2, -0.15) is 0 Å². The van der Waals surface area contributed by atoms with E-state index in [2.05, 4.69) is 72.6 Å². The van der Waals surface area contributed by atoms with Gasteiger partial charge in [0.25, 0.3) is 0 Å². The summed E-state index contributed by atoms with van der Waals surface area (Å²) in [6.45, 7) is 5.66. The van der Waals surface area contributed by atoms with Crippen LogP contribution < -0.4 is 10.2 Å². The molecule has 2 aromatic rings. The van der Waals surface area contributed by atoms with Crippen LogP contribution >= 0.6 is 12.4 Å². The lowest BCUT2D eigenvalue weighted by Crippen LogP contribution is -2.31. The molecule has 0 amide bonds. The highest BCUT2D eigenvalue weighted by molar-refractivity contribution is 5.85. The van der Waals surface area contributed by atoms with Crippen molar-refractivity contribution in [2.45, 2.75) is 51.6 Å². The van der Waals surface area contributed by atoms with Crippen molar-refractivity contribution in [2.24, 2.45) is 5.92 Å². The maximum Gasteiger partial charge on any atom is 0.0416 e. The molecule has 4 rings (SSSR count). The van der Waals surface area contributed by atoms with E-state index >= 15 is 0 Å². The Labute approximate surface area is 158 Å². The summed E-state index contributed by atoms with van der Waals surface area (Å²) in [7, 11) is 0. The molecule has 1 unspecified atom stereocenters. The van der Waals surface area contributed by atoms with Crippen molar-refractivity contribution in [1.29, 1.82) is 0 Å². The fourth-order valence-corrected chi connectivity index (χ4v) is 4.01. The fraction of sp³-hybridized carbons (Fsp3) is 0.455. The molecule has 1 aliphatic carbocycles. The van der Waals surface area contributed by atoms with E-state index in [9.17, 15) is 0 Å². The molecular formula is C22H29ClN2. The van der Waals surface area contributed by atoms with Crippen LogP contribution in [0, 0.1) is 5.92 Å². The second kappa shape index (κ2) is 7.80. The first kappa shape index (κ1) is 18.3. The molecule has 1 saturated carbocycles. The molecule has 0 bridgehead atoms. The minimum atomic E-state index is 0. The second-order valence-electron chi connectivity index (χ2n) is 7.62. The number of para-hydroxylation sites is 1. The molecule has 3 heteroatoms. The molecule has 25 heavy (non-hydrogen) atoms. The molecule has 1 aliphatic heterocycles. The van der Waals surface area contributed by atoms with Gasteiger partial charge in [-0.15, -0.1) is 12.4 Å². The summed E-state index contributed by atoms with van der Waals surface area (Å²) in [5.41, 5.74) is 5.67. The summed E-state index contributed by atoms with van der Waals surface area (Å²) in [4.78, 5) is 2.45. The van der Waals surface area contributed by atoms with Gasteiger partial charge in [-0.3, -0.25) is 0 Å². The molecule has 0 radical (unpaired) electrons. The predicted molar refractivity (Wildman–Crippen MR) is 109 cm³/mol. The molecule has 2 aromatic carbocycles. The lowest BCUT2D eigenvalue weighted by molar-refractivity contribution is 0.453. The van der Waals surface area contributed by atoms with Gasteiger partial charge in [0.1, 0.15) is 0 Å². The molecule has 2 aliphatic rings. The van der Waals surface area contributed by atoms with E-state index in [1.165, 1.54) is 36.2 Å². The van der Waals surface area contributed by atoms with Crippen LogP contribution in [0.3, 0.4) is 0 Å². The molecule has 134 valence electrons. The summed E-state index contributed by atoms with van der Waals surface area (Å²) in [6.07, 6.45) is 5.32. The maximum absolute atomic E-state index is 3.76.